The lowest BCUT2D eigenvalue weighted by Crippen LogP contribution is -2.49. The summed E-state index contributed by atoms with van der Waals surface area (Å²) in [7, 11) is 1.77. The van der Waals surface area contributed by atoms with Crippen LogP contribution in [0, 0.1) is 5.92 Å². The number of carbonyl (C=O) groups excluding carboxylic acids is 1. The number of carbonyl (C=O) groups is 1. The van der Waals surface area contributed by atoms with Gasteiger partial charge in [0, 0.05) is 32.4 Å². The van der Waals surface area contributed by atoms with E-state index in [1.807, 2.05) is 6.92 Å². The Morgan fingerprint density at radius 3 is 2.30 bits per heavy atom. The Hall–Kier alpha value is -0.650. The first-order valence-corrected chi connectivity index (χ1v) is 7.59. The van der Waals surface area contributed by atoms with E-state index < -0.39 is 11.2 Å². The molecule has 2 rings (SSSR count). The molecule has 0 aromatic carbocycles. The predicted octanol–water partition coefficient (Wildman–Crippen LogP) is 0.662. The Labute approximate surface area is 120 Å². The number of aliphatic hydroxyl groups is 3. The highest BCUT2D eigenvalue weighted by Gasteiger charge is 2.42. The Morgan fingerprint density at radius 1 is 1.25 bits per heavy atom. The topological polar surface area (TPSA) is 81.0 Å². The SMILES string of the molecule is CN(CCC1(O)CC(O)C1)C(=O)C1CCC(C)(O)CC1. The molecule has 20 heavy (non-hydrogen) atoms. The van der Waals surface area contributed by atoms with Crippen LogP contribution in [0.25, 0.3) is 0 Å². The number of hydrogen-bond acceptors (Lipinski definition) is 4. The van der Waals surface area contributed by atoms with Crippen molar-refractivity contribution in [1.82, 2.24) is 4.90 Å². The second-order valence-corrected chi connectivity index (χ2v) is 7.07. The summed E-state index contributed by atoms with van der Waals surface area (Å²) >= 11 is 0. The smallest absolute Gasteiger partial charge is 0.225 e. The van der Waals surface area contributed by atoms with E-state index in [1.54, 1.807) is 11.9 Å². The van der Waals surface area contributed by atoms with Crippen LogP contribution in [0.3, 0.4) is 0 Å². The van der Waals surface area contributed by atoms with Crippen molar-refractivity contribution in [1.29, 1.82) is 0 Å². The molecule has 0 saturated heterocycles. The summed E-state index contributed by atoms with van der Waals surface area (Å²) in [5, 5.41) is 29.2. The minimum atomic E-state index is -0.788. The summed E-state index contributed by atoms with van der Waals surface area (Å²) < 4.78 is 0. The van der Waals surface area contributed by atoms with E-state index in [-0.39, 0.29) is 17.9 Å². The third-order valence-electron chi connectivity index (χ3n) is 4.93. The fourth-order valence-electron chi connectivity index (χ4n) is 3.31. The molecule has 5 nitrogen and oxygen atoms in total. The summed E-state index contributed by atoms with van der Waals surface area (Å²) in [6, 6.07) is 0. The van der Waals surface area contributed by atoms with Crippen LogP contribution in [-0.2, 0) is 4.79 Å². The average Bonchev–Trinajstić information content (AvgIpc) is 2.33. The summed E-state index contributed by atoms with van der Waals surface area (Å²) in [4.78, 5) is 14.0. The van der Waals surface area contributed by atoms with Gasteiger partial charge in [0.1, 0.15) is 0 Å². The van der Waals surface area contributed by atoms with Crippen LogP contribution in [0.15, 0.2) is 0 Å². The number of aliphatic hydroxyl groups excluding tert-OH is 1. The largest absolute Gasteiger partial charge is 0.393 e. The Balaban J connectivity index is 1.75. The van der Waals surface area contributed by atoms with Crippen molar-refractivity contribution >= 4 is 5.91 Å². The zero-order valence-corrected chi connectivity index (χ0v) is 12.5. The highest BCUT2D eigenvalue weighted by Crippen LogP contribution is 2.36. The second-order valence-electron chi connectivity index (χ2n) is 7.07. The van der Waals surface area contributed by atoms with Gasteiger partial charge in [-0.3, -0.25) is 4.79 Å². The monoisotopic (exact) mass is 285 g/mol. The van der Waals surface area contributed by atoms with E-state index in [0.29, 0.717) is 38.6 Å². The zero-order chi connectivity index (χ0) is 15.0. The minimum Gasteiger partial charge on any atom is -0.393 e. The lowest BCUT2D eigenvalue weighted by Gasteiger charge is -2.42. The number of amides is 1. The first kappa shape index (κ1) is 15.7. The molecule has 3 N–H and O–H groups in total. The Bertz CT molecular complexity index is 353. The van der Waals surface area contributed by atoms with Gasteiger partial charge in [-0.2, -0.15) is 0 Å². The fourth-order valence-corrected chi connectivity index (χ4v) is 3.31. The standard InChI is InChI=1S/C15H27NO4/c1-14(19)5-3-11(4-6-14)13(18)16(2)8-7-15(20)9-12(17)10-15/h11-12,17,19-20H,3-10H2,1-2H3. The van der Waals surface area contributed by atoms with Gasteiger partial charge >= 0.3 is 0 Å². The molecular formula is C15H27NO4. The highest BCUT2D eigenvalue weighted by atomic mass is 16.3. The lowest BCUT2D eigenvalue weighted by molar-refractivity contribution is -0.141. The predicted molar refractivity (Wildman–Crippen MR) is 75.0 cm³/mol. The van der Waals surface area contributed by atoms with Crippen molar-refractivity contribution in [3.8, 4) is 0 Å². The maximum absolute atomic E-state index is 12.3. The number of hydrogen-bond donors (Lipinski definition) is 3. The normalized spacial score (nSPS) is 41.0. The number of rotatable bonds is 4. The van der Waals surface area contributed by atoms with Crippen molar-refractivity contribution < 1.29 is 20.1 Å². The van der Waals surface area contributed by atoms with Gasteiger partial charge in [-0.15, -0.1) is 0 Å². The van der Waals surface area contributed by atoms with Crippen LogP contribution < -0.4 is 0 Å². The van der Waals surface area contributed by atoms with Crippen molar-refractivity contribution in [2.75, 3.05) is 13.6 Å². The molecule has 0 spiro atoms. The van der Waals surface area contributed by atoms with Crippen molar-refractivity contribution in [2.24, 2.45) is 5.92 Å². The number of nitrogens with zero attached hydrogens (tertiary/aromatic N) is 1. The van der Waals surface area contributed by atoms with Crippen molar-refractivity contribution in [2.45, 2.75) is 69.2 Å². The molecular weight excluding hydrogens is 258 g/mol. The van der Waals surface area contributed by atoms with E-state index in [0.717, 1.165) is 12.8 Å². The van der Waals surface area contributed by atoms with Crippen LogP contribution in [-0.4, -0.2) is 57.0 Å². The molecule has 5 heteroatoms. The van der Waals surface area contributed by atoms with Crippen molar-refractivity contribution in [3.05, 3.63) is 0 Å². The van der Waals surface area contributed by atoms with E-state index >= 15 is 0 Å². The van der Waals surface area contributed by atoms with Gasteiger partial charge in [0.25, 0.3) is 0 Å². The third-order valence-corrected chi connectivity index (χ3v) is 4.93. The molecule has 0 aromatic rings. The van der Waals surface area contributed by atoms with Crippen LogP contribution >= 0.6 is 0 Å². The van der Waals surface area contributed by atoms with Gasteiger partial charge < -0.3 is 20.2 Å². The summed E-state index contributed by atoms with van der Waals surface area (Å²) in [6.45, 7) is 2.35. The molecule has 0 aliphatic heterocycles. The molecule has 0 unspecified atom stereocenters. The van der Waals surface area contributed by atoms with Gasteiger partial charge in [0.2, 0.25) is 5.91 Å². The van der Waals surface area contributed by atoms with Crippen LogP contribution in [0.4, 0.5) is 0 Å². The first-order valence-electron chi connectivity index (χ1n) is 7.59. The maximum Gasteiger partial charge on any atom is 0.225 e. The maximum atomic E-state index is 12.3. The van der Waals surface area contributed by atoms with E-state index in [9.17, 15) is 20.1 Å². The van der Waals surface area contributed by atoms with Crippen LogP contribution in [0.5, 0.6) is 0 Å². The van der Waals surface area contributed by atoms with E-state index in [4.69, 9.17) is 0 Å². The van der Waals surface area contributed by atoms with Crippen LogP contribution in [0.2, 0.25) is 0 Å². The average molecular weight is 285 g/mol. The lowest BCUT2D eigenvalue weighted by atomic mass is 9.75. The van der Waals surface area contributed by atoms with Gasteiger partial charge in [0.05, 0.1) is 17.3 Å². The van der Waals surface area contributed by atoms with Gasteiger partial charge in [-0.05, 0) is 39.0 Å². The van der Waals surface area contributed by atoms with E-state index in [1.165, 1.54) is 0 Å². The first-order chi connectivity index (χ1) is 9.21. The molecule has 1 amide bonds. The molecule has 0 heterocycles. The van der Waals surface area contributed by atoms with Gasteiger partial charge in [-0.25, -0.2) is 0 Å². The highest BCUT2D eigenvalue weighted by molar-refractivity contribution is 5.78. The second kappa shape index (κ2) is 5.62. The molecule has 0 bridgehead atoms. The Morgan fingerprint density at radius 2 is 1.80 bits per heavy atom. The minimum absolute atomic E-state index is 0.00171. The molecule has 116 valence electrons. The fraction of sp³-hybridized carbons (Fsp3) is 0.933. The quantitative estimate of drug-likeness (QED) is 0.709. The molecule has 2 saturated carbocycles. The Kier molecular flexibility index (Phi) is 4.42. The van der Waals surface area contributed by atoms with E-state index in [2.05, 4.69) is 0 Å². The summed E-state index contributed by atoms with van der Waals surface area (Å²) in [6.07, 6.45) is 3.79. The molecule has 0 radical (unpaired) electrons. The summed E-state index contributed by atoms with van der Waals surface area (Å²) in [5.74, 6) is 0.117. The van der Waals surface area contributed by atoms with Crippen molar-refractivity contribution in [3.63, 3.8) is 0 Å². The zero-order valence-electron chi connectivity index (χ0n) is 12.5. The summed E-state index contributed by atoms with van der Waals surface area (Å²) in [5.41, 5.74) is -1.41. The molecule has 2 aliphatic carbocycles. The molecule has 0 atom stereocenters. The molecule has 2 aliphatic rings. The third kappa shape index (κ3) is 3.71. The van der Waals surface area contributed by atoms with Crippen LogP contribution in [0.1, 0.15) is 51.9 Å². The van der Waals surface area contributed by atoms with Gasteiger partial charge in [-0.1, -0.05) is 0 Å². The molecule has 2 fully saturated rings. The van der Waals surface area contributed by atoms with Gasteiger partial charge in [0.15, 0.2) is 0 Å². The molecule has 0 aromatic heterocycles.